The largest absolute Gasteiger partial charge is 0.393 e. The van der Waals surface area contributed by atoms with Gasteiger partial charge in [-0.25, -0.2) is 0 Å². The zero-order valence-electron chi connectivity index (χ0n) is 7.25. The van der Waals surface area contributed by atoms with Gasteiger partial charge in [0.2, 0.25) is 5.91 Å². The van der Waals surface area contributed by atoms with E-state index in [0.717, 1.165) is 0 Å². The van der Waals surface area contributed by atoms with Crippen molar-refractivity contribution in [3.63, 3.8) is 0 Å². The van der Waals surface area contributed by atoms with Crippen LogP contribution >= 0.6 is 0 Å². The van der Waals surface area contributed by atoms with Crippen molar-refractivity contribution >= 4 is 5.91 Å². The molecule has 0 bridgehead atoms. The molecule has 1 fully saturated rings. The highest BCUT2D eigenvalue weighted by molar-refractivity contribution is 5.78. The predicted molar refractivity (Wildman–Crippen MR) is 43.6 cm³/mol. The number of hydrogen-bond donors (Lipinski definition) is 2. The summed E-state index contributed by atoms with van der Waals surface area (Å²) in [5, 5.41) is 12.2. The van der Waals surface area contributed by atoms with Crippen LogP contribution in [-0.4, -0.2) is 37.4 Å². The Labute approximate surface area is 71.9 Å². The van der Waals surface area contributed by atoms with Crippen molar-refractivity contribution in [3.05, 3.63) is 0 Å². The lowest BCUT2D eigenvalue weighted by Gasteiger charge is -2.14. The van der Waals surface area contributed by atoms with Crippen LogP contribution in [0.3, 0.4) is 0 Å². The van der Waals surface area contributed by atoms with Crippen LogP contribution in [0.1, 0.15) is 12.8 Å². The Morgan fingerprint density at radius 1 is 1.83 bits per heavy atom. The number of carbonyl (C=O) groups excluding carboxylic acids is 1. The quantitative estimate of drug-likeness (QED) is 0.603. The van der Waals surface area contributed by atoms with E-state index in [9.17, 15) is 9.90 Å². The third kappa shape index (κ3) is 2.46. The average molecular weight is 173 g/mol. The van der Waals surface area contributed by atoms with Crippen LogP contribution in [0.15, 0.2) is 0 Å². The third-order valence-electron chi connectivity index (χ3n) is 2.17. The first-order chi connectivity index (χ1) is 5.74. The van der Waals surface area contributed by atoms with E-state index in [1.165, 1.54) is 0 Å². The van der Waals surface area contributed by atoms with Gasteiger partial charge in [-0.1, -0.05) is 0 Å². The number of ether oxygens (including phenoxy) is 1. The summed E-state index contributed by atoms with van der Waals surface area (Å²) < 4.78 is 4.83. The minimum Gasteiger partial charge on any atom is -0.393 e. The van der Waals surface area contributed by atoms with Gasteiger partial charge in [0, 0.05) is 32.6 Å². The smallest absolute Gasteiger partial charge is 0.220 e. The Morgan fingerprint density at radius 3 is 3.08 bits per heavy atom. The summed E-state index contributed by atoms with van der Waals surface area (Å²) in [6.07, 6.45) is 0.643. The van der Waals surface area contributed by atoms with Gasteiger partial charge < -0.3 is 15.2 Å². The SMILES string of the molecule is COCC[C@@H](O)C1CNC(=O)C1. The van der Waals surface area contributed by atoms with Crippen molar-refractivity contribution in [2.24, 2.45) is 5.92 Å². The summed E-state index contributed by atoms with van der Waals surface area (Å²) in [4.78, 5) is 10.8. The first kappa shape index (κ1) is 9.48. The summed E-state index contributed by atoms with van der Waals surface area (Å²) in [6, 6.07) is 0. The molecular formula is C8H15NO3. The van der Waals surface area contributed by atoms with E-state index >= 15 is 0 Å². The molecule has 0 aromatic carbocycles. The number of carbonyl (C=O) groups is 1. The second-order valence-corrected chi connectivity index (χ2v) is 3.12. The van der Waals surface area contributed by atoms with Crippen LogP contribution in [0.2, 0.25) is 0 Å². The summed E-state index contributed by atoms with van der Waals surface area (Å²) in [5.74, 6) is 0.115. The van der Waals surface area contributed by atoms with Gasteiger partial charge in [-0.05, 0) is 6.42 Å². The van der Waals surface area contributed by atoms with Gasteiger partial charge in [0.25, 0.3) is 0 Å². The monoisotopic (exact) mass is 173 g/mol. The van der Waals surface area contributed by atoms with Gasteiger partial charge in [-0.3, -0.25) is 4.79 Å². The number of methoxy groups -OCH3 is 1. The van der Waals surface area contributed by atoms with Crippen LogP contribution in [0.25, 0.3) is 0 Å². The summed E-state index contributed by atoms with van der Waals surface area (Å²) in [6.45, 7) is 1.15. The zero-order chi connectivity index (χ0) is 8.97. The molecule has 12 heavy (non-hydrogen) atoms. The number of hydrogen-bond acceptors (Lipinski definition) is 3. The van der Waals surface area contributed by atoms with E-state index in [4.69, 9.17) is 4.74 Å². The molecule has 1 heterocycles. The lowest BCUT2D eigenvalue weighted by Crippen LogP contribution is -2.24. The fourth-order valence-electron chi connectivity index (χ4n) is 1.37. The molecular weight excluding hydrogens is 158 g/mol. The lowest BCUT2D eigenvalue weighted by atomic mass is 9.99. The summed E-state index contributed by atoms with van der Waals surface area (Å²) in [7, 11) is 1.60. The fourth-order valence-corrected chi connectivity index (χ4v) is 1.37. The number of nitrogens with one attached hydrogen (secondary N) is 1. The van der Waals surface area contributed by atoms with Crippen molar-refractivity contribution in [1.29, 1.82) is 0 Å². The Balaban J connectivity index is 2.23. The van der Waals surface area contributed by atoms with Crippen LogP contribution in [-0.2, 0) is 9.53 Å². The molecule has 1 rings (SSSR count). The van der Waals surface area contributed by atoms with E-state index in [1.54, 1.807) is 7.11 Å². The molecule has 0 aromatic heterocycles. The van der Waals surface area contributed by atoms with Crippen molar-refractivity contribution in [2.45, 2.75) is 18.9 Å². The summed E-state index contributed by atoms with van der Waals surface area (Å²) >= 11 is 0. The van der Waals surface area contributed by atoms with Crippen molar-refractivity contribution < 1.29 is 14.6 Å². The minimum absolute atomic E-state index is 0.0384. The fraction of sp³-hybridized carbons (Fsp3) is 0.875. The number of amides is 1. The minimum atomic E-state index is -0.413. The van der Waals surface area contributed by atoms with Gasteiger partial charge in [0.05, 0.1) is 6.10 Å². The Morgan fingerprint density at radius 2 is 2.58 bits per heavy atom. The molecule has 4 heteroatoms. The predicted octanol–water partition coefficient (Wildman–Crippen LogP) is -0.480. The standard InChI is InChI=1S/C8H15NO3/c1-12-3-2-7(10)6-4-8(11)9-5-6/h6-7,10H,2-5H2,1H3,(H,9,11)/t6?,7-/m1/s1. The van der Waals surface area contributed by atoms with Gasteiger partial charge >= 0.3 is 0 Å². The van der Waals surface area contributed by atoms with E-state index in [0.29, 0.717) is 26.0 Å². The Bertz CT molecular complexity index is 160. The second-order valence-electron chi connectivity index (χ2n) is 3.12. The first-order valence-corrected chi connectivity index (χ1v) is 4.17. The molecule has 0 saturated carbocycles. The normalized spacial score (nSPS) is 25.5. The molecule has 1 amide bonds. The maximum absolute atomic E-state index is 10.8. The lowest BCUT2D eigenvalue weighted by molar-refractivity contribution is -0.119. The number of aliphatic hydroxyl groups is 1. The first-order valence-electron chi connectivity index (χ1n) is 4.17. The average Bonchev–Trinajstić information content (AvgIpc) is 2.47. The van der Waals surface area contributed by atoms with Crippen LogP contribution in [0.4, 0.5) is 0 Å². The van der Waals surface area contributed by atoms with Gasteiger partial charge in [-0.15, -0.1) is 0 Å². The summed E-state index contributed by atoms with van der Waals surface area (Å²) in [5.41, 5.74) is 0. The molecule has 1 aliphatic heterocycles. The molecule has 0 aromatic rings. The highest BCUT2D eigenvalue weighted by atomic mass is 16.5. The molecule has 2 atom stereocenters. The van der Waals surface area contributed by atoms with Crippen molar-refractivity contribution in [1.82, 2.24) is 5.32 Å². The van der Waals surface area contributed by atoms with Crippen molar-refractivity contribution in [3.8, 4) is 0 Å². The number of rotatable bonds is 4. The van der Waals surface area contributed by atoms with E-state index in [1.807, 2.05) is 0 Å². The molecule has 4 nitrogen and oxygen atoms in total. The second kappa shape index (κ2) is 4.42. The Kier molecular flexibility index (Phi) is 3.49. The maximum atomic E-state index is 10.8. The van der Waals surface area contributed by atoms with E-state index in [2.05, 4.69) is 5.32 Å². The topological polar surface area (TPSA) is 58.6 Å². The van der Waals surface area contributed by atoms with Crippen LogP contribution in [0, 0.1) is 5.92 Å². The van der Waals surface area contributed by atoms with Gasteiger partial charge in [0.15, 0.2) is 0 Å². The third-order valence-corrected chi connectivity index (χ3v) is 2.17. The van der Waals surface area contributed by atoms with E-state index in [-0.39, 0.29) is 11.8 Å². The molecule has 0 aliphatic carbocycles. The highest BCUT2D eigenvalue weighted by Gasteiger charge is 2.27. The van der Waals surface area contributed by atoms with Gasteiger partial charge in [-0.2, -0.15) is 0 Å². The molecule has 70 valence electrons. The molecule has 2 N–H and O–H groups in total. The number of aliphatic hydroxyl groups excluding tert-OH is 1. The molecule has 0 spiro atoms. The molecule has 0 radical (unpaired) electrons. The van der Waals surface area contributed by atoms with Crippen LogP contribution < -0.4 is 5.32 Å². The molecule has 1 aliphatic rings. The van der Waals surface area contributed by atoms with E-state index < -0.39 is 6.10 Å². The van der Waals surface area contributed by atoms with Crippen LogP contribution in [0.5, 0.6) is 0 Å². The molecule has 1 unspecified atom stereocenters. The molecule has 1 saturated heterocycles. The zero-order valence-corrected chi connectivity index (χ0v) is 7.25. The van der Waals surface area contributed by atoms with Gasteiger partial charge in [0.1, 0.15) is 0 Å². The maximum Gasteiger partial charge on any atom is 0.220 e. The Hall–Kier alpha value is -0.610. The van der Waals surface area contributed by atoms with Crippen molar-refractivity contribution in [2.75, 3.05) is 20.3 Å². The highest BCUT2D eigenvalue weighted by Crippen LogP contribution is 2.15.